The van der Waals surface area contributed by atoms with E-state index in [0.29, 0.717) is 17.4 Å². The molecule has 3 fully saturated rings. The number of hydroxylamine groups is 1. The summed E-state index contributed by atoms with van der Waals surface area (Å²) >= 11 is 0. The van der Waals surface area contributed by atoms with Crippen molar-refractivity contribution in [3.63, 3.8) is 0 Å². The fourth-order valence-corrected chi connectivity index (χ4v) is 4.58. The lowest BCUT2D eigenvalue weighted by Crippen LogP contribution is -2.41. The Balaban J connectivity index is 1.66. The summed E-state index contributed by atoms with van der Waals surface area (Å²) in [7, 11) is 0. The highest BCUT2D eigenvalue weighted by molar-refractivity contribution is 5.85. The quantitative estimate of drug-likeness (QED) is 0.605. The minimum atomic E-state index is -0.440. The molecule has 5 heteroatoms. The second kappa shape index (κ2) is 6.19. The standard InChI is InChI=1S/C17H28N2O3/c1-12-10-17(6-7-17)11-19(12)16(21)14(9-15(20)18-22)8-13-4-2-3-5-13/h12-14,22H,2-11H2,1H3,(H,18,20). The molecule has 2 amide bonds. The van der Waals surface area contributed by atoms with Gasteiger partial charge in [-0.1, -0.05) is 25.7 Å². The van der Waals surface area contributed by atoms with Crippen LogP contribution in [-0.2, 0) is 9.59 Å². The van der Waals surface area contributed by atoms with E-state index in [9.17, 15) is 9.59 Å². The Kier molecular flexibility index (Phi) is 4.44. The summed E-state index contributed by atoms with van der Waals surface area (Å²) in [6.07, 6.45) is 9.32. The third-order valence-corrected chi connectivity index (χ3v) is 6.00. The van der Waals surface area contributed by atoms with Gasteiger partial charge in [-0.15, -0.1) is 0 Å². The molecule has 0 aromatic carbocycles. The van der Waals surface area contributed by atoms with E-state index in [4.69, 9.17) is 5.21 Å². The lowest BCUT2D eigenvalue weighted by Gasteiger charge is -2.28. The molecule has 2 aliphatic carbocycles. The third-order valence-electron chi connectivity index (χ3n) is 6.00. The molecule has 1 heterocycles. The largest absolute Gasteiger partial charge is 0.339 e. The highest BCUT2D eigenvalue weighted by atomic mass is 16.5. The van der Waals surface area contributed by atoms with E-state index < -0.39 is 5.91 Å². The Morgan fingerprint density at radius 2 is 2.00 bits per heavy atom. The maximum Gasteiger partial charge on any atom is 0.244 e. The minimum absolute atomic E-state index is 0.113. The van der Waals surface area contributed by atoms with E-state index in [-0.39, 0.29) is 18.2 Å². The molecular formula is C17H28N2O3. The molecule has 124 valence electrons. The fourth-order valence-electron chi connectivity index (χ4n) is 4.58. The van der Waals surface area contributed by atoms with Crippen molar-refractivity contribution in [3.05, 3.63) is 0 Å². The monoisotopic (exact) mass is 308 g/mol. The Labute approximate surface area is 132 Å². The van der Waals surface area contributed by atoms with Crippen LogP contribution in [-0.4, -0.2) is 34.5 Å². The maximum atomic E-state index is 13.0. The molecule has 3 rings (SSSR count). The summed E-state index contributed by atoms with van der Waals surface area (Å²) in [6, 6.07) is 0.290. The van der Waals surface area contributed by atoms with Gasteiger partial charge in [0.25, 0.3) is 0 Å². The van der Waals surface area contributed by atoms with Gasteiger partial charge < -0.3 is 4.90 Å². The molecule has 0 aromatic rings. The number of nitrogens with zero attached hydrogens (tertiary/aromatic N) is 1. The van der Waals surface area contributed by atoms with E-state index in [2.05, 4.69) is 6.92 Å². The molecule has 1 aliphatic heterocycles. The van der Waals surface area contributed by atoms with Crippen molar-refractivity contribution in [1.29, 1.82) is 0 Å². The van der Waals surface area contributed by atoms with Crippen molar-refractivity contribution in [2.45, 2.75) is 70.8 Å². The molecule has 0 aromatic heterocycles. The van der Waals surface area contributed by atoms with Crippen LogP contribution in [0.2, 0.25) is 0 Å². The predicted octanol–water partition coefficient (Wildman–Crippen LogP) is 2.48. The third kappa shape index (κ3) is 3.29. The number of rotatable bonds is 5. The van der Waals surface area contributed by atoms with Crippen LogP contribution < -0.4 is 5.48 Å². The van der Waals surface area contributed by atoms with Crippen molar-refractivity contribution >= 4 is 11.8 Å². The maximum absolute atomic E-state index is 13.0. The SMILES string of the molecule is CC1CC2(CC2)CN1C(=O)C(CC(=O)NO)CC1CCCC1. The highest BCUT2D eigenvalue weighted by Crippen LogP contribution is 2.55. The van der Waals surface area contributed by atoms with E-state index >= 15 is 0 Å². The number of carbonyl (C=O) groups excluding carboxylic acids is 2. The Bertz CT molecular complexity index is 441. The topological polar surface area (TPSA) is 69.6 Å². The van der Waals surface area contributed by atoms with Crippen molar-refractivity contribution in [1.82, 2.24) is 10.4 Å². The number of amides is 2. The van der Waals surface area contributed by atoms with Crippen LogP contribution in [0.5, 0.6) is 0 Å². The first kappa shape index (κ1) is 15.8. The molecule has 22 heavy (non-hydrogen) atoms. The van der Waals surface area contributed by atoms with Crippen molar-refractivity contribution < 1.29 is 14.8 Å². The Morgan fingerprint density at radius 1 is 1.32 bits per heavy atom. The zero-order chi connectivity index (χ0) is 15.7. The molecule has 2 saturated carbocycles. The van der Waals surface area contributed by atoms with E-state index in [0.717, 1.165) is 19.4 Å². The lowest BCUT2D eigenvalue weighted by molar-refractivity contribution is -0.141. The van der Waals surface area contributed by atoms with Crippen LogP contribution in [0.25, 0.3) is 0 Å². The van der Waals surface area contributed by atoms with E-state index in [1.54, 1.807) is 5.48 Å². The fraction of sp³-hybridized carbons (Fsp3) is 0.882. The number of carbonyl (C=O) groups is 2. The average Bonchev–Trinajstić information content (AvgIpc) is 2.91. The normalized spacial score (nSPS) is 28.1. The first-order chi connectivity index (χ1) is 10.5. The average molecular weight is 308 g/mol. The van der Waals surface area contributed by atoms with Gasteiger partial charge in [-0.3, -0.25) is 14.8 Å². The van der Waals surface area contributed by atoms with Crippen molar-refractivity contribution in [2.75, 3.05) is 6.54 Å². The first-order valence-electron chi connectivity index (χ1n) is 8.76. The summed E-state index contributed by atoms with van der Waals surface area (Å²) in [5.74, 6) is -0.0176. The second-order valence-electron chi connectivity index (χ2n) is 7.84. The molecule has 5 nitrogen and oxygen atoms in total. The lowest BCUT2D eigenvalue weighted by atomic mass is 9.89. The molecule has 0 bridgehead atoms. The van der Waals surface area contributed by atoms with E-state index in [1.807, 2.05) is 4.90 Å². The van der Waals surface area contributed by atoms with Gasteiger partial charge in [0.15, 0.2) is 0 Å². The molecule has 0 radical (unpaired) electrons. The van der Waals surface area contributed by atoms with Crippen LogP contribution in [0.15, 0.2) is 0 Å². The summed E-state index contributed by atoms with van der Waals surface area (Å²) in [5.41, 5.74) is 2.09. The number of hydrogen-bond donors (Lipinski definition) is 2. The van der Waals surface area contributed by atoms with Gasteiger partial charge in [-0.2, -0.15) is 0 Å². The summed E-state index contributed by atoms with van der Waals surface area (Å²) in [6.45, 7) is 3.00. The molecule has 2 N–H and O–H groups in total. The molecule has 3 aliphatic rings. The number of likely N-dealkylation sites (tertiary alicyclic amines) is 1. The van der Waals surface area contributed by atoms with Gasteiger partial charge in [-0.05, 0) is 43.9 Å². The zero-order valence-corrected chi connectivity index (χ0v) is 13.5. The number of nitrogens with one attached hydrogen (secondary N) is 1. The van der Waals surface area contributed by atoms with Crippen LogP contribution in [0, 0.1) is 17.3 Å². The molecule has 2 unspecified atom stereocenters. The van der Waals surface area contributed by atoms with E-state index in [1.165, 1.54) is 38.5 Å². The van der Waals surface area contributed by atoms with Crippen LogP contribution >= 0.6 is 0 Å². The highest BCUT2D eigenvalue weighted by Gasteiger charge is 2.52. The molecule has 1 saturated heterocycles. The van der Waals surface area contributed by atoms with Gasteiger partial charge in [-0.25, -0.2) is 5.48 Å². The van der Waals surface area contributed by atoms with Gasteiger partial charge in [0.05, 0.1) is 0 Å². The van der Waals surface area contributed by atoms with Crippen LogP contribution in [0.4, 0.5) is 0 Å². The van der Waals surface area contributed by atoms with Gasteiger partial charge >= 0.3 is 0 Å². The number of hydrogen-bond acceptors (Lipinski definition) is 3. The summed E-state index contributed by atoms with van der Waals surface area (Å²) in [5, 5.41) is 8.81. The van der Waals surface area contributed by atoms with Gasteiger partial charge in [0, 0.05) is 24.9 Å². The van der Waals surface area contributed by atoms with Crippen LogP contribution in [0.3, 0.4) is 0 Å². The van der Waals surface area contributed by atoms with Crippen LogP contribution in [0.1, 0.15) is 64.7 Å². The predicted molar refractivity (Wildman–Crippen MR) is 82.1 cm³/mol. The minimum Gasteiger partial charge on any atom is -0.339 e. The van der Waals surface area contributed by atoms with Crippen molar-refractivity contribution in [3.8, 4) is 0 Å². The molecule has 2 atom stereocenters. The molecule has 1 spiro atoms. The Hall–Kier alpha value is -1.10. The summed E-state index contributed by atoms with van der Waals surface area (Å²) in [4.78, 5) is 26.6. The van der Waals surface area contributed by atoms with Gasteiger partial charge in [0.1, 0.15) is 0 Å². The smallest absolute Gasteiger partial charge is 0.244 e. The first-order valence-corrected chi connectivity index (χ1v) is 8.76. The van der Waals surface area contributed by atoms with Crippen molar-refractivity contribution in [2.24, 2.45) is 17.3 Å². The second-order valence-corrected chi connectivity index (χ2v) is 7.84. The summed E-state index contributed by atoms with van der Waals surface area (Å²) < 4.78 is 0. The Morgan fingerprint density at radius 3 is 2.55 bits per heavy atom. The zero-order valence-electron chi connectivity index (χ0n) is 13.5. The molecular weight excluding hydrogens is 280 g/mol. The van der Waals surface area contributed by atoms with Gasteiger partial charge in [0.2, 0.25) is 11.8 Å².